The molecule has 0 bridgehead atoms. The highest BCUT2D eigenvalue weighted by molar-refractivity contribution is 6.29. The SMILES string of the molecule is CCCc1ccc(-c2cccc(Cl)n2)cc1. The number of hydrogen-bond acceptors (Lipinski definition) is 1. The van der Waals surface area contributed by atoms with Crippen LogP contribution in [0.4, 0.5) is 0 Å². The quantitative estimate of drug-likeness (QED) is 0.716. The number of rotatable bonds is 3. The fourth-order valence-corrected chi connectivity index (χ4v) is 1.86. The first-order valence-corrected chi connectivity index (χ1v) is 5.89. The van der Waals surface area contributed by atoms with Gasteiger partial charge < -0.3 is 0 Å². The van der Waals surface area contributed by atoms with E-state index in [4.69, 9.17) is 11.6 Å². The molecule has 0 aliphatic heterocycles. The summed E-state index contributed by atoms with van der Waals surface area (Å²) in [4.78, 5) is 4.28. The first kappa shape index (κ1) is 11.2. The summed E-state index contributed by atoms with van der Waals surface area (Å²) >= 11 is 5.86. The summed E-state index contributed by atoms with van der Waals surface area (Å²) in [5.74, 6) is 0. The van der Waals surface area contributed by atoms with Crippen molar-refractivity contribution < 1.29 is 0 Å². The van der Waals surface area contributed by atoms with Gasteiger partial charge in [-0.15, -0.1) is 0 Å². The van der Waals surface area contributed by atoms with Crippen molar-refractivity contribution in [2.45, 2.75) is 19.8 Å². The van der Waals surface area contributed by atoms with Crippen LogP contribution in [0.5, 0.6) is 0 Å². The number of benzene rings is 1. The van der Waals surface area contributed by atoms with Gasteiger partial charge in [-0.3, -0.25) is 0 Å². The van der Waals surface area contributed by atoms with E-state index in [1.807, 2.05) is 12.1 Å². The Kier molecular flexibility index (Phi) is 3.58. The summed E-state index contributed by atoms with van der Waals surface area (Å²) in [7, 11) is 0. The molecule has 1 aromatic carbocycles. The number of hydrogen-bond donors (Lipinski definition) is 0. The number of halogens is 1. The van der Waals surface area contributed by atoms with Crippen LogP contribution in [0, 0.1) is 0 Å². The van der Waals surface area contributed by atoms with E-state index in [2.05, 4.69) is 36.2 Å². The van der Waals surface area contributed by atoms with Crippen LogP contribution in [0.2, 0.25) is 5.15 Å². The maximum absolute atomic E-state index is 5.86. The molecule has 82 valence electrons. The summed E-state index contributed by atoms with van der Waals surface area (Å²) in [6.07, 6.45) is 2.30. The van der Waals surface area contributed by atoms with Gasteiger partial charge in [-0.2, -0.15) is 0 Å². The molecule has 0 amide bonds. The molecule has 16 heavy (non-hydrogen) atoms. The minimum Gasteiger partial charge on any atom is -0.236 e. The Bertz CT molecular complexity index is 462. The van der Waals surface area contributed by atoms with Gasteiger partial charge in [-0.1, -0.05) is 55.3 Å². The van der Waals surface area contributed by atoms with E-state index in [1.54, 1.807) is 6.07 Å². The average molecular weight is 232 g/mol. The van der Waals surface area contributed by atoms with Crippen LogP contribution in [0.1, 0.15) is 18.9 Å². The number of nitrogens with zero attached hydrogens (tertiary/aromatic N) is 1. The zero-order chi connectivity index (χ0) is 11.4. The Hall–Kier alpha value is -1.34. The van der Waals surface area contributed by atoms with Crippen molar-refractivity contribution in [2.24, 2.45) is 0 Å². The lowest BCUT2D eigenvalue weighted by atomic mass is 10.1. The van der Waals surface area contributed by atoms with Gasteiger partial charge in [0, 0.05) is 5.56 Å². The third-order valence-electron chi connectivity index (χ3n) is 2.50. The standard InChI is InChI=1S/C14H14ClN/c1-2-4-11-7-9-12(10-8-11)13-5-3-6-14(15)16-13/h3,5-10H,2,4H2,1H3. The molecule has 1 aromatic heterocycles. The first-order chi connectivity index (χ1) is 7.79. The van der Waals surface area contributed by atoms with Crippen molar-refractivity contribution in [1.29, 1.82) is 0 Å². The summed E-state index contributed by atoms with van der Waals surface area (Å²) in [5.41, 5.74) is 3.41. The Labute approximate surface area is 101 Å². The summed E-state index contributed by atoms with van der Waals surface area (Å²) in [5, 5.41) is 0.537. The molecule has 1 heterocycles. The third kappa shape index (κ3) is 2.61. The highest BCUT2D eigenvalue weighted by Gasteiger charge is 1.99. The Balaban J connectivity index is 2.27. The molecule has 0 saturated carbocycles. The molecular weight excluding hydrogens is 218 g/mol. The molecule has 0 aliphatic carbocycles. The van der Waals surface area contributed by atoms with Gasteiger partial charge in [-0.25, -0.2) is 4.98 Å². The highest BCUT2D eigenvalue weighted by Crippen LogP contribution is 2.19. The lowest BCUT2D eigenvalue weighted by molar-refractivity contribution is 0.922. The second-order valence-corrected chi connectivity index (χ2v) is 4.18. The van der Waals surface area contributed by atoms with Gasteiger partial charge in [0.05, 0.1) is 5.69 Å². The highest BCUT2D eigenvalue weighted by atomic mass is 35.5. The van der Waals surface area contributed by atoms with Gasteiger partial charge >= 0.3 is 0 Å². The third-order valence-corrected chi connectivity index (χ3v) is 2.71. The van der Waals surface area contributed by atoms with E-state index < -0.39 is 0 Å². The van der Waals surface area contributed by atoms with Crippen LogP contribution in [-0.2, 0) is 6.42 Å². The minimum atomic E-state index is 0.537. The predicted octanol–water partition coefficient (Wildman–Crippen LogP) is 4.35. The van der Waals surface area contributed by atoms with Crippen molar-refractivity contribution in [1.82, 2.24) is 4.98 Å². The van der Waals surface area contributed by atoms with Crippen LogP contribution < -0.4 is 0 Å². The van der Waals surface area contributed by atoms with Crippen molar-refractivity contribution in [3.05, 3.63) is 53.2 Å². The fourth-order valence-electron chi connectivity index (χ4n) is 1.70. The Morgan fingerprint density at radius 2 is 1.81 bits per heavy atom. The van der Waals surface area contributed by atoms with E-state index >= 15 is 0 Å². The maximum atomic E-state index is 5.86. The maximum Gasteiger partial charge on any atom is 0.129 e. The van der Waals surface area contributed by atoms with Gasteiger partial charge in [0.2, 0.25) is 0 Å². The van der Waals surface area contributed by atoms with Crippen LogP contribution in [0.25, 0.3) is 11.3 Å². The molecule has 0 radical (unpaired) electrons. The lowest BCUT2D eigenvalue weighted by Gasteiger charge is -2.03. The average Bonchev–Trinajstić information content (AvgIpc) is 2.30. The molecule has 1 nitrogen and oxygen atoms in total. The Morgan fingerprint density at radius 1 is 1.06 bits per heavy atom. The second kappa shape index (κ2) is 5.13. The molecule has 2 rings (SSSR count). The van der Waals surface area contributed by atoms with E-state index in [0.29, 0.717) is 5.15 Å². The fraction of sp³-hybridized carbons (Fsp3) is 0.214. The molecule has 0 aliphatic rings. The molecular formula is C14H14ClN. The van der Waals surface area contributed by atoms with Crippen molar-refractivity contribution in [3.8, 4) is 11.3 Å². The Morgan fingerprint density at radius 3 is 2.44 bits per heavy atom. The van der Waals surface area contributed by atoms with E-state index in [1.165, 1.54) is 12.0 Å². The monoisotopic (exact) mass is 231 g/mol. The molecule has 0 atom stereocenters. The minimum absolute atomic E-state index is 0.537. The number of aryl methyl sites for hydroxylation is 1. The summed E-state index contributed by atoms with van der Waals surface area (Å²) in [6.45, 7) is 2.19. The zero-order valence-electron chi connectivity index (χ0n) is 9.28. The van der Waals surface area contributed by atoms with Crippen LogP contribution in [0.3, 0.4) is 0 Å². The molecule has 0 spiro atoms. The number of aromatic nitrogens is 1. The van der Waals surface area contributed by atoms with Gasteiger partial charge in [0.25, 0.3) is 0 Å². The molecule has 2 aromatic rings. The van der Waals surface area contributed by atoms with Crippen molar-refractivity contribution >= 4 is 11.6 Å². The predicted molar refractivity (Wildman–Crippen MR) is 68.7 cm³/mol. The normalized spacial score (nSPS) is 10.4. The molecule has 0 saturated heterocycles. The first-order valence-electron chi connectivity index (χ1n) is 5.51. The largest absolute Gasteiger partial charge is 0.236 e. The van der Waals surface area contributed by atoms with Crippen LogP contribution >= 0.6 is 11.6 Å². The van der Waals surface area contributed by atoms with Crippen LogP contribution in [0.15, 0.2) is 42.5 Å². The molecule has 2 heteroatoms. The lowest BCUT2D eigenvalue weighted by Crippen LogP contribution is -1.86. The van der Waals surface area contributed by atoms with Gasteiger partial charge in [0.1, 0.15) is 5.15 Å². The molecule has 0 fully saturated rings. The van der Waals surface area contributed by atoms with E-state index in [9.17, 15) is 0 Å². The molecule has 0 N–H and O–H groups in total. The van der Waals surface area contributed by atoms with E-state index in [-0.39, 0.29) is 0 Å². The van der Waals surface area contributed by atoms with Crippen molar-refractivity contribution in [3.63, 3.8) is 0 Å². The van der Waals surface area contributed by atoms with Gasteiger partial charge in [0.15, 0.2) is 0 Å². The van der Waals surface area contributed by atoms with Crippen molar-refractivity contribution in [2.75, 3.05) is 0 Å². The van der Waals surface area contributed by atoms with Crippen LogP contribution in [-0.4, -0.2) is 4.98 Å². The van der Waals surface area contributed by atoms with Gasteiger partial charge in [-0.05, 0) is 24.1 Å². The topological polar surface area (TPSA) is 12.9 Å². The molecule has 0 unspecified atom stereocenters. The summed E-state index contributed by atoms with van der Waals surface area (Å²) in [6, 6.07) is 14.2. The zero-order valence-corrected chi connectivity index (χ0v) is 10.0. The number of pyridine rings is 1. The van der Waals surface area contributed by atoms with E-state index in [0.717, 1.165) is 17.7 Å². The summed E-state index contributed by atoms with van der Waals surface area (Å²) < 4.78 is 0. The second-order valence-electron chi connectivity index (χ2n) is 3.79. The smallest absolute Gasteiger partial charge is 0.129 e.